The highest BCUT2D eigenvalue weighted by atomic mass is 35.5. The lowest BCUT2D eigenvalue weighted by molar-refractivity contribution is 0.255. The van der Waals surface area contributed by atoms with Gasteiger partial charge in [-0.25, -0.2) is 4.79 Å². The first kappa shape index (κ1) is 15.1. The van der Waals surface area contributed by atoms with Crippen molar-refractivity contribution in [2.45, 2.75) is 13.8 Å². The molecule has 21 heavy (non-hydrogen) atoms. The number of urea groups is 1. The Morgan fingerprint density at radius 2 is 1.86 bits per heavy atom. The fourth-order valence-electron chi connectivity index (χ4n) is 1.82. The molecule has 0 aliphatic rings. The van der Waals surface area contributed by atoms with E-state index in [-0.39, 0.29) is 6.03 Å². The molecule has 2 rings (SSSR count). The Morgan fingerprint density at radius 3 is 2.57 bits per heavy atom. The van der Waals surface area contributed by atoms with Crippen molar-refractivity contribution in [3.63, 3.8) is 0 Å². The minimum absolute atomic E-state index is 0.306. The van der Waals surface area contributed by atoms with E-state index < -0.39 is 0 Å². The molecule has 0 bridgehead atoms. The maximum Gasteiger partial charge on any atom is 0.323 e. The van der Waals surface area contributed by atoms with Gasteiger partial charge in [-0.2, -0.15) is 0 Å². The van der Waals surface area contributed by atoms with Gasteiger partial charge in [0, 0.05) is 16.9 Å². The normalized spacial score (nSPS) is 10.6. The Balaban J connectivity index is 1.93. The standard InChI is InChI=1S/C17H17ClN2O/c1-12-5-3-4-6-14(12)9-10-19-17(21)20-15-8-7-13(2)16(18)11-15/h3-11H,1-2H3,(H2,19,20,21)/b10-9+. The van der Waals surface area contributed by atoms with Crippen LogP contribution < -0.4 is 10.6 Å². The number of carbonyl (C=O) groups excluding carboxylic acids is 1. The molecule has 0 radical (unpaired) electrons. The van der Waals surface area contributed by atoms with Gasteiger partial charge >= 0.3 is 6.03 Å². The summed E-state index contributed by atoms with van der Waals surface area (Å²) in [6.45, 7) is 3.94. The summed E-state index contributed by atoms with van der Waals surface area (Å²) in [6.07, 6.45) is 3.48. The lowest BCUT2D eigenvalue weighted by Gasteiger charge is -2.06. The van der Waals surface area contributed by atoms with Gasteiger partial charge in [0.2, 0.25) is 0 Å². The molecule has 0 unspecified atom stereocenters. The smallest absolute Gasteiger partial charge is 0.314 e. The Hall–Kier alpha value is -2.26. The molecule has 0 aliphatic carbocycles. The topological polar surface area (TPSA) is 41.1 Å². The largest absolute Gasteiger partial charge is 0.323 e. The molecule has 2 aromatic carbocycles. The number of hydrogen-bond donors (Lipinski definition) is 2. The maximum atomic E-state index is 11.8. The molecule has 0 heterocycles. The predicted octanol–water partition coefficient (Wildman–Crippen LogP) is 4.75. The van der Waals surface area contributed by atoms with Crippen molar-refractivity contribution in [2.24, 2.45) is 0 Å². The van der Waals surface area contributed by atoms with Crippen LogP contribution in [0, 0.1) is 13.8 Å². The zero-order valence-corrected chi connectivity index (χ0v) is 12.7. The molecule has 0 atom stereocenters. The molecule has 4 heteroatoms. The van der Waals surface area contributed by atoms with Gasteiger partial charge < -0.3 is 10.6 Å². The fraction of sp³-hybridized carbons (Fsp3) is 0.118. The first-order valence-corrected chi connectivity index (χ1v) is 7.00. The van der Waals surface area contributed by atoms with E-state index in [9.17, 15) is 4.79 Å². The monoisotopic (exact) mass is 300 g/mol. The highest BCUT2D eigenvalue weighted by Crippen LogP contribution is 2.19. The third-order valence-corrected chi connectivity index (χ3v) is 3.50. The summed E-state index contributed by atoms with van der Waals surface area (Å²) < 4.78 is 0. The second-order valence-electron chi connectivity index (χ2n) is 4.75. The van der Waals surface area contributed by atoms with E-state index in [2.05, 4.69) is 10.6 Å². The molecular formula is C17H17ClN2O. The average Bonchev–Trinajstić information content (AvgIpc) is 2.45. The van der Waals surface area contributed by atoms with Crippen molar-refractivity contribution in [3.05, 3.63) is 70.4 Å². The number of anilines is 1. The molecular weight excluding hydrogens is 284 g/mol. The van der Waals surface area contributed by atoms with Crippen LogP contribution in [0.25, 0.3) is 6.08 Å². The quantitative estimate of drug-likeness (QED) is 0.844. The first-order chi connectivity index (χ1) is 10.1. The van der Waals surface area contributed by atoms with Crippen LogP contribution in [0.1, 0.15) is 16.7 Å². The van der Waals surface area contributed by atoms with E-state index in [4.69, 9.17) is 11.6 Å². The van der Waals surface area contributed by atoms with Gasteiger partial charge in [0.05, 0.1) is 0 Å². The third kappa shape index (κ3) is 4.36. The van der Waals surface area contributed by atoms with Crippen molar-refractivity contribution >= 4 is 29.4 Å². The minimum Gasteiger partial charge on any atom is -0.314 e. The molecule has 0 saturated heterocycles. The fourth-order valence-corrected chi connectivity index (χ4v) is 2.00. The Labute approximate surface area is 129 Å². The number of hydrogen-bond acceptors (Lipinski definition) is 1. The van der Waals surface area contributed by atoms with Crippen molar-refractivity contribution < 1.29 is 4.79 Å². The minimum atomic E-state index is -0.306. The van der Waals surface area contributed by atoms with Crippen LogP contribution in [0.2, 0.25) is 5.02 Å². The van der Waals surface area contributed by atoms with Gasteiger partial charge in [-0.3, -0.25) is 0 Å². The summed E-state index contributed by atoms with van der Waals surface area (Å²) in [6, 6.07) is 13.0. The predicted molar refractivity (Wildman–Crippen MR) is 88.6 cm³/mol. The van der Waals surface area contributed by atoms with E-state index in [1.165, 1.54) is 0 Å². The van der Waals surface area contributed by atoms with Crippen LogP contribution in [0.15, 0.2) is 48.7 Å². The van der Waals surface area contributed by atoms with Crippen LogP contribution in [-0.2, 0) is 0 Å². The molecule has 3 nitrogen and oxygen atoms in total. The van der Waals surface area contributed by atoms with Gasteiger partial charge in [-0.05, 0) is 48.7 Å². The van der Waals surface area contributed by atoms with Gasteiger partial charge in [-0.15, -0.1) is 0 Å². The molecule has 0 aliphatic heterocycles. The summed E-state index contributed by atoms with van der Waals surface area (Å²) in [5, 5.41) is 6.02. The van der Waals surface area contributed by atoms with Crippen LogP contribution in [0.5, 0.6) is 0 Å². The van der Waals surface area contributed by atoms with Gasteiger partial charge in [0.15, 0.2) is 0 Å². The van der Waals surface area contributed by atoms with Gasteiger partial charge in [0.1, 0.15) is 0 Å². The van der Waals surface area contributed by atoms with E-state index in [1.54, 1.807) is 12.3 Å². The Kier molecular flexibility index (Phi) is 5.01. The molecule has 2 aromatic rings. The SMILES string of the molecule is Cc1ccc(NC(=O)N/C=C/c2ccccc2C)cc1Cl. The zero-order valence-electron chi connectivity index (χ0n) is 12.0. The number of halogens is 1. The number of rotatable bonds is 3. The molecule has 0 aromatic heterocycles. The molecule has 2 amide bonds. The summed E-state index contributed by atoms with van der Waals surface area (Å²) in [5.74, 6) is 0. The number of carbonyl (C=O) groups is 1. The average molecular weight is 301 g/mol. The number of benzene rings is 2. The Bertz CT molecular complexity index is 680. The van der Waals surface area contributed by atoms with E-state index in [1.807, 2.05) is 56.3 Å². The van der Waals surface area contributed by atoms with E-state index >= 15 is 0 Å². The summed E-state index contributed by atoms with van der Waals surface area (Å²) >= 11 is 6.01. The summed E-state index contributed by atoms with van der Waals surface area (Å²) in [5.41, 5.74) is 3.85. The lowest BCUT2D eigenvalue weighted by atomic mass is 10.1. The number of nitrogens with one attached hydrogen (secondary N) is 2. The molecule has 0 spiro atoms. The van der Waals surface area contributed by atoms with Crippen molar-refractivity contribution in [3.8, 4) is 0 Å². The number of amides is 2. The lowest BCUT2D eigenvalue weighted by Crippen LogP contribution is -2.23. The second-order valence-corrected chi connectivity index (χ2v) is 5.16. The molecule has 108 valence electrons. The van der Waals surface area contributed by atoms with E-state index in [0.717, 1.165) is 16.7 Å². The van der Waals surface area contributed by atoms with Crippen LogP contribution >= 0.6 is 11.6 Å². The summed E-state index contributed by atoms with van der Waals surface area (Å²) in [7, 11) is 0. The van der Waals surface area contributed by atoms with Crippen LogP contribution in [0.3, 0.4) is 0 Å². The first-order valence-electron chi connectivity index (χ1n) is 6.62. The summed E-state index contributed by atoms with van der Waals surface area (Å²) in [4.78, 5) is 11.8. The van der Waals surface area contributed by atoms with Crippen molar-refractivity contribution in [1.82, 2.24) is 5.32 Å². The highest BCUT2D eigenvalue weighted by Gasteiger charge is 2.01. The molecule has 2 N–H and O–H groups in total. The zero-order chi connectivity index (χ0) is 15.2. The van der Waals surface area contributed by atoms with E-state index in [0.29, 0.717) is 10.7 Å². The molecule has 0 saturated carbocycles. The third-order valence-electron chi connectivity index (χ3n) is 3.10. The number of aryl methyl sites for hydroxylation is 2. The van der Waals surface area contributed by atoms with Gasteiger partial charge in [-0.1, -0.05) is 41.9 Å². The van der Waals surface area contributed by atoms with Crippen molar-refractivity contribution in [2.75, 3.05) is 5.32 Å². The second kappa shape index (κ2) is 6.95. The van der Waals surface area contributed by atoms with Crippen LogP contribution in [0.4, 0.5) is 10.5 Å². The van der Waals surface area contributed by atoms with Gasteiger partial charge in [0.25, 0.3) is 0 Å². The Morgan fingerprint density at radius 1 is 1.10 bits per heavy atom. The van der Waals surface area contributed by atoms with Crippen molar-refractivity contribution in [1.29, 1.82) is 0 Å². The van der Waals surface area contributed by atoms with Crippen LogP contribution in [-0.4, -0.2) is 6.03 Å². The highest BCUT2D eigenvalue weighted by molar-refractivity contribution is 6.31. The molecule has 0 fully saturated rings. The maximum absolute atomic E-state index is 11.8.